The van der Waals surface area contributed by atoms with E-state index >= 15 is 0 Å². The quantitative estimate of drug-likeness (QED) is 0.255. The highest BCUT2D eigenvalue weighted by Crippen LogP contribution is 2.21. The molecule has 0 heterocycles. The smallest absolute Gasteiger partial charge is 0.312 e. The summed E-state index contributed by atoms with van der Waals surface area (Å²) < 4.78 is 39.4. The maximum absolute atomic E-state index is 11.5. The number of aliphatic hydroxyl groups is 1. The molecule has 3 N–H and O–H groups in total. The summed E-state index contributed by atoms with van der Waals surface area (Å²) in [7, 11) is -2.95. The Bertz CT molecular complexity index is 671. The van der Waals surface area contributed by atoms with E-state index < -0.39 is 40.6 Å². The minimum Gasteiger partial charge on any atom is -0.427 e. The van der Waals surface area contributed by atoms with Gasteiger partial charge in [0.05, 0.1) is 12.2 Å². The van der Waals surface area contributed by atoms with E-state index in [4.69, 9.17) is 14.0 Å². The van der Waals surface area contributed by atoms with Crippen LogP contribution in [0.4, 0.5) is 0 Å². The number of amides is 1. The fourth-order valence-electron chi connectivity index (χ4n) is 1.81. The largest absolute Gasteiger partial charge is 0.427 e. The maximum Gasteiger partial charge on any atom is 0.312 e. The molecule has 10 heteroatoms. The van der Waals surface area contributed by atoms with Crippen LogP contribution >= 0.6 is 0 Å². The van der Waals surface area contributed by atoms with Crippen molar-refractivity contribution in [3.8, 4) is 5.75 Å². The average Bonchev–Trinajstić information content (AvgIpc) is 2.50. The molecule has 1 aromatic carbocycles. The number of carbonyl (C=O) groups is 2. The lowest BCUT2D eigenvalue weighted by molar-refractivity contribution is -0.134. The standard InChI is InChI=1S/C14H19NO8S/c1-9(16)15-13(14(18)22-2)10-3-5-11(6-4-10)23-12(17)7-8-24(19,20)21/h3-6,13-14,18H,7-8H2,1-2H3,(H,15,16)(H,19,20,21). The van der Waals surface area contributed by atoms with Gasteiger partial charge in [-0.25, -0.2) is 0 Å². The van der Waals surface area contributed by atoms with Crippen molar-refractivity contribution in [3.05, 3.63) is 29.8 Å². The monoisotopic (exact) mass is 361 g/mol. The second-order valence-corrected chi connectivity index (χ2v) is 6.46. The summed E-state index contributed by atoms with van der Waals surface area (Å²) in [5.41, 5.74) is 0.511. The van der Waals surface area contributed by atoms with Gasteiger partial charge in [-0.15, -0.1) is 0 Å². The van der Waals surface area contributed by atoms with Crippen LogP contribution in [0, 0.1) is 0 Å². The molecule has 1 aromatic rings. The van der Waals surface area contributed by atoms with E-state index in [1.165, 1.54) is 38.3 Å². The third-order valence-corrected chi connectivity index (χ3v) is 3.64. The minimum atomic E-state index is -4.24. The van der Waals surface area contributed by atoms with Gasteiger partial charge < -0.3 is 19.9 Å². The number of aliphatic hydroxyl groups excluding tert-OH is 1. The molecule has 0 bridgehead atoms. The molecule has 0 spiro atoms. The van der Waals surface area contributed by atoms with Crippen molar-refractivity contribution in [1.82, 2.24) is 5.32 Å². The maximum atomic E-state index is 11.5. The molecule has 134 valence electrons. The van der Waals surface area contributed by atoms with Crippen molar-refractivity contribution in [2.24, 2.45) is 0 Å². The molecule has 0 aliphatic heterocycles. The van der Waals surface area contributed by atoms with Crippen LogP contribution in [0.15, 0.2) is 24.3 Å². The Balaban J connectivity index is 2.76. The van der Waals surface area contributed by atoms with Crippen molar-refractivity contribution in [3.63, 3.8) is 0 Å². The number of esters is 1. The van der Waals surface area contributed by atoms with Crippen LogP contribution in [-0.4, -0.2) is 49.1 Å². The van der Waals surface area contributed by atoms with E-state index in [0.717, 1.165) is 0 Å². The summed E-state index contributed by atoms with van der Waals surface area (Å²) >= 11 is 0. The van der Waals surface area contributed by atoms with Gasteiger partial charge in [0.15, 0.2) is 6.29 Å². The Kier molecular flexibility index (Phi) is 7.29. The van der Waals surface area contributed by atoms with E-state index in [1.807, 2.05) is 0 Å². The zero-order valence-electron chi connectivity index (χ0n) is 13.1. The number of hydrogen-bond donors (Lipinski definition) is 3. The lowest BCUT2D eigenvalue weighted by Gasteiger charge is -2.22. The third kappa shape index (κ3) is 7.04. The van der Waals surface area contributed by atoms with Gasteiger partial charge in [0.2, 0.25) is 5.91 Å². The Hall–Kier alpha value is -2.01. The molecule has 0 aliphatic rings. The number of rotatable bonds is 8. The fourth-order valence-corrected chi connectivity index (χ4v) is 2.24. The van der Waals surface area contributed by atoms with E-state index in [-0.39, 0.29) is 11.7 Å². The second-order valence-electron chi connectivity index (χ2n) is 4.88. The first-order valence-corrected chi connectivity index (χ1v) is 8.47. The van der Waals surface area contributed by atoms with Crippen LogP contribution in [0.5, 0.6) is 5.75 Å². The minimum absolute atomic E-state index is 0.146. The zero-order chi connectivity index (χ0) is 18.3. The first kappa shape index (κ1) is 20.0. The van der Waals surface area contributed by atoms with E-state index in [1.54, 1.807) is 0 Å². The predicted molar refractivity (Wildman–Crippen MR) is 82.7 cm³/mol. The molecule has 2 unspecified atom stereocenters. The zero-order valence-corrected chi connectivity index (χ0v) is 13.9. The second kappa shape index (κ2) is 8.73. The molecule has 1 amide bonds. The SMILES string of the molecule is COC(O)C(NC(C)=O)c1ccc(OC(=O)CCS(=O)(=O)O)cc1. The summed E-state index contributed by atoms with van der Waals surface area (Å²) in [6.45, 7) is 1.29. The van der Waals surface area contributed by atoms with Crippen molar-refractivity contribution in [2.75, 3.05) is 12.9 Å². The van der Waals surface area contributed by atoms with Gasteiger partial charge in [-0.1, -0.05) is 12.1 Å². The molecular weight excluding hydrogens is 342 g/mol. The Morgan fingerprint density at radius 3 is 2.29 bits per heavy atom. The molecule has 9 nitrogen and oxygen atoms in total. The van der Waals surface area contributed by atoms with Crippen LogP contribution in [-0.2, 0) is 24.4 Å². The third-order valence-electron chi connectivity index (χ3n) is 2.92. The first-order chi connectivity index (χ1) is 11.1. The summed E-state index contributed by atoms with van der Waals surface area (Å²) in [6, 6.07) is 5.04. The fraction of sp³-hybridized carbons (Fsp3) is 0.429. The van der Waals surface area contributed by atoms with Crippen molar-refractivity contribution in [1.29, 1.82) is 0 Å². The van der Waals surface area contributed by atoms with Gasteiger partial charge in [0, 0.05) is 14.0 Å². The number of carbonyl (C=O) groups excluding carboxylic acids is 2. The topological polar surface area (TPSA) is 139 Å². The normalized spacial score (nSPS) is 13.8. The van der Waals surface area contributed by atoms with Crippen LogP contribution in [0.2, 0.25) is 0 Å². The lowest BCUT2D eigenvalue weighted by Crippen LogP contribution is -2.35. The van der Waals surface area contributed by atoms with E-state index in [9.17, 15) is 23.1 Å². The van der Waals surface area contributed by atoms with Crippen molar-refractivity contribution >= 4 is 22.0 Å². The molecular formula is C14H19NO8S. The first-order valence-electron chi connectivity index (χ1n) is 6.86. The highest BCUT2D eigenvalue weighted by Gasteiger charge is 2.22. The van der Waals surface area contributed by atoms with Gasteiger partial charge in [-0.2, -0.15) is 8.42 Å². The van der Waals surface area contributed by atoms with Gasteiger partial charge >= 0.3 is 5.97 Å². The summed E-state index contributed by atoms with van der Waals surface area (Å²) in [5, 5.41) is 12.3. The number of hydrogen-bond acceptors (Lipinski definition) is 7. The summed E-state index contributed by atoms with van der Waals surface area (Å²) in [5.74, 6) is -1.77. The summed E-state index contributed by atoms with van der Waals surface area (Å²) in [4.78, 5) is 22.7. The highest BCUT2D eigenvalue weighted by molar-refractivity contribution is 7.85. The van der Waals surface area contributed by atoms with Crippen LogP contribution in [0.25, 0.3) is 0 Å². The highest BCUT2D eigenvalue weighted by atomic mass is 32.2. The molecule has 24 heavy (non-hydrogen) atoms. The van der Waals surface area contributed by atoms with Crippen LogP contribution in [0.1, 0.15) is 24.9 Å². The number of methoxy groups -OCH3 is 1. The Labute approximate surface area is 139 Å². The molecule has 0 fully saturated rings. The van der Waals surface area contributed by atoms with Gasteiger partial charge in [0.1, 0.15) is 11.8 Å². The summed E-state index contributed by atoms with van der Waals surface area (Å²) in [6.07, 6.45) is -1.76. The van der Waals surface area contributed by atoms with Gasteiger partial charge in [-0.05, 0) is 17.7 Å². The van der Waals surface area contributed by atoms with Gasteiger partial charge in [0.25, 0.3) is 10.1 Å². The molecule has 2 atom stereocenters. The van der Waals surface area contributed by atoms with Gasteiger partial charge in [-0.3, -0.25) is 14.1 Å². The number of nitrogens with one attached hydrogen (secondary N) is 1. The van der Waals surface area contributed by atoms with E-state index in [0.29, 0.717) is 5.56 Å². The molecule has 0 radical (unpaired) electrons. The molecule has 1 rings (SSSR count). The van der Waals surface area contributed by atoms with Crippen LogP contribution < -0.4 is 10.1 Å². The van der Waals surface area contributed by atoms with Crippen molar-refractivity contribution in [2.45, 2.75) is 25.7 Å². The van der Waals surface area contributed by atoms with E-state index in [2.05, 4.69) is 5.32 Å². The van der Waals surface area contributed by atoms with Crippen molar-refractivity contribution < 1.29 is 37.1 Å². The average molecular weight is 361 g/mol. The predicted octanol–water partition coefficient (Wildman–Crippen LogP) is 0.0119. The Morgan fingerprint density at radius 2 is 1.83 bits per heavy atom. The molecule has 0 aromatic heterocycles. The number of ether oxygens (including phenoxy) is 2. The molecule has 0 saturated carbocycles. The lowest BCUT2D eigenvalue weighted by atomic mass is 10.1. The molecule has 0 saturated heterocycles. The van der Waals surface area contributed by atoms with Crippen LogP contribution in [0.3, 0.4) is 0 Å². The number of benzene rings is 1. The Morgan fingerprint density at radius 1 is 1.25 bits per heavy atom. The molecule has 0 aliphatic carbocycles.